The van der Waals surface area contributed by atoms with Gasteiger partial charge in [-0.05, 0) is 19.1 Å². The lowest BCUT2D eigenvalue weighted by Crippen LogP contribution is -2.80. The molecule has 0 saturated carbocycles. The highest BCUT2D eigenvalue weighted by Gasteiger charge is 2.18. The van der Waals surface area contributed by atoms with Gasteiger partial charge in [-0.2, -0.15) is 0 Å². The number of rotatable bonds is 1. The maximum absolute atomic E-state index is 5.57. The number of aryl methyl sites for hydroxylation is 1. The molecule has 3 heteroatoms. The van der Waals surface area contributed by atoms with Crippen LogP contribution in [-0.4, -0.2) is 0 Å². The summed E-state index contributed by atoms with van der Waals surface area (Å²) in [6.07, 6.45) is 0. The van der Waals surface area contributed by atoms with E-state index in [2.05, 4.69) is 5.73 Å². The average Bonchev–Trinajstić information content (AvgIpc) is 1.86. The molecule has 1 rings (SSSR count). The van der Waals surface area contributed by atoms with Crippen molar-refractivity contribution in [2.24, 2.45) is 11.5 Å². The molecule has 0 unspecified atom stereocenters. The summed E-state index contributed by atoms with van der Waals surface area (Å²) in [6, 6.07) is 7.72. The van der Waals surface area contributed by atoms with Crippen molar-refractivity contribution in [1.29, 1.82) is 0 Å². The minimum Gasteiger partial charge on any atom is -0.323 e. The van der Waals surface area contributed by atoms with Crippen LogP contribution in [0.15, 0.2) is 24.3 Å². The van der Waals surface area contributed by atoms with E-state index in [1.165, 1.54) is 5.56 Å². The standard InChI is InChI=1S/C8H13N3/c1-6-2-4-7(5-3-6)8(9,10)11/h2-5H,9-11H2,1H3/p+1. The van der Waals surface area contributed by atoms with Gasteiger partial charge in [0.1, 0.15) is 0 Å². The summed E-state index contributed by atoms with van der Waals surface area (Å²) in [5.74, 6) is -0.965. The van der Waals surface area contributed by atoms with Crippen molar-refractivity contribution >= 4 is 0 Å². The second-order valence-corrected chi connectivity index (χ2v) is 2.91. The third kappa shape index (κ3) is 2.01. The van der Waals surface area contributed by atoms with Crippen LogP contribution in [0.25, 0.3) is 0 Å². The average molecular weight is 152 g/mol. The number of benzene rings is 1. The van der Waals surface area contributed by atoms with Crippen molar-refractivity contribution in [3.63, 3.8) is 0 Å². The van der Waals surface area contributed by atoms with Gasteiger partial charge in [0.05, 0.1) is 0 Å². The number of nitrogens with two attached hydrogens (primary N) is 2. The summed E-state index contributed by atoms with van der Waals surface area (Å²) in [5, 5.41) is 0. The van der Waals surface area contributed by atoms with Crippen LogP contribution in [0.5, 0.6) is 0 Å². The SMILES string of the molecule is Cc1ccc(C(N)(N)[NH3+])cc1. The predicted molar refractivity (Wildman–Crippen MR) is 44.1 cm³/mol. The molecule has 0 atom stereocenters. The monoisotopic (exact) mass is 152 g/mol. The van der Waals surface area contributed by atoms with Crippen molar-refractivity contribution in [2.45, 2.75) is 12.7 Å². The van der Waals surface area contributed by atoms with E-state index in [-0.39, 0.29) is 0 Å². The zero-order valence-electron chi connectivity index (χ0n) is 6.67. The fraction of sp³-hybridized carbons (Fsp3) is 0.250. The van der Waals surface area contributed by atoms with Gasteiger partial charge in [0, 0.05) is 5.56 Å². The van der Waals surface area contributed by atoms with Gasteiger partial charge in [0.2, 0.25) is 5.79 Å². The Balaban J connectivity index is 2.99. The molecule has 0 bridgehead atoms. The summed E-state index contributed by atoms with van der Waals surface area (Å²) in [7, 11) is 0. The van der Waals surface area contributed by atoms with E-state index < -0.39 is 5.79 Å². The van der Waals surface area contributed by atoms with Crippen molar-refractivity contribution in [3.8, 4) is 0 Å². The first-order valence-electron chi connectivity index (χ1n) is 3.50. The third-order valence-electron chi connectivity index (χ3n) is 1.59. The van der Waals surface area contributed by atoms with Gasteiger partial charge in [-0.1, -0.05) is 17.7 Å². The van der Waals surface area contributed by atoms with Crippen molar-refractivity contribution in [3.05, 3.63) is 35.4 Å². The third-order valence-corrected chi connectivity index (χ3v) is 1.59. The Morgan fingerprint density at radius 1 is 1.18 bits per heavy atom. The molecule has 3 nitrogen and oxygen atoms in total. The highest BCUT2D eigenvalue weighted by atomic mass is 15.1. The molecule has 0 aliphatic rings. The fourth-order valence-electron chi connectivity index (χ4n) is 0.864. The molecular weight excluding hydrogens is 138 g/mol. The van der Waals surface area contributed by atoms with Crippen LogP contribution in [0.3, 0.4) is 0 Å². The molecule has 0 aromatic heterocycles. The van der Waals surface area contributed by atoms with Gasteiger partial charge in [0.15, 0.2) is 0 Å². The Morgan fingerprint density at radius 3 is 2.00 bits per heavy atom. The van der Waals surface area contributed by atoms with Gasteiger partial charge >= 0.3 is 0 Å². The van der Waals surface area contributed by atoms with Gasteiger partial charge in [0.25, 0.3) is 0 Å². The van der Waals surface area contributed by atoms with E-state index in [0.717, 1.165) is 5.56 Å². The first kappa shape index (κ1) is 8.20. The molecule has 0 amide bonds. The first-order chi connectivity index (χ1) is 5.00. The molecule has 0 radical (unpaired) electrons. The number of quaternary nitrogens is 1. The zero-order valence-corrected chi connectivity index (χ0v) is 6.67. The van der Waals surface area contributed by atoms with Crippen LogP contribution in [0, 0.1) is 6.92 Å². The van der Waals surface area contributed by atoms with Crippen molar-refractivity contribution in [1.82, 2.24) is 0 Å². The Morgan fingerprint density at radius 2 is 1.64 bits per heavy atom. The lowest BCUT2D eigenvalue weighted by atomic mass is 10.1. The van der Waals surface area contributed by atoms with Crippen LogP contribution >= 0.6 is 0 Å². The van der Waals surface area contributed by atoms with Crippen LogP contribution in [0.1, 0.15) is 11.1 Å². The van der Waals surface area contributed by atoms with E-state index in [0.29, 0.717) is 0 Å². The van der Waals surface area contributed by atoms with Crippen molar-refractivity contribution < 1.29 is 5.73 Å². The Labute approximate surface area is 66.2 Å². The van der Waals surface area contributed by atoms with E-state index in [9.17, 15) is 0 Å². The van der Waals surface area contributed by atoms with E-state index in [4.69, 9.17) is 11.5 Å². The second kappa shape index (κ2) is 2.62. The molecule has 0 saturated heterocycles. The van der Waals surface area contributed by atoms with Gasteiger partial charge in [-0.3, -0.25) is 11.5 Å². The highest BCUT2D eigenvalue weighted by molar-refractivity contribution is 5.24. The maximum atomic E-state index is 5.57. The van der Waals surface area contributed by atoms with Crippen LogP contribution in [0.4, 0.5) is 0 Å². The molecule has 60 valence electrons. The smallest absolute Gasteiger partial charge is 0.227 e. The van der Waals surface area contributed by atoms with E-state index >= 15 is 0 Å². The van der Waals surface area contributed by atoms with Crippen LogP contribution < -0.4 is 17.2 Å². The van der Waals surface area contributed by atoms with E-state index in [1.54, 1.807) is 0 Å². The highest BCUT2D eigenvalue weighted by Crippen LogP contribution is 2.06. The Bertz CT molecular complexity index is 233. The summed E-state index contributed by atoms with van der Waals surface area (Å²) in [5.41, 5.74) is 16.8. The van der Waals surface area contributed by atoms with Crippen molar-refractivity contribution in [2.75, 3.05) is 0 Å². The summed E-state index contributed by atoms with van der Waals surface area (Å²) < 4.78 is 0. The normalized spacial score (nSPS) is 11.6. The molecule has 0 spiro atoms. The predicted octanol–water partition coefficient (Wildman–Crippen LogP) is -0.735. The molecular formula is C8H14N3+. The fourth-order valence-corrected chi connectivity index (χ4v) is 0.864. The van der Waals surface area contributed by atoms with Gasteiger partial charge in [-0.15, -0.1) is 0 Å². The van der Waals surface area contributed by atoms with Crippen LogP contribution in [-0.2, 0) is 5.79 Å². The van der Waals surface area contributed by atoms with Crippen LogP contribution in [0.2, 0.25) is 0 Å². The maximum Gasteiger partial charge on any atom is 0.227 e. The second-order valence-electron chi connectivity index (χ2n) is 2.91. The molecule has 0 aliphatic heterocycles. The molecule has 7 N–H and O–H groups in total. The number of hydrogen-bond acceptors (Lipinski definition) is 2. The molecule has 0 heterocycles. The molecule has 0 aliphatic carbocycles. The first-order valence-corrected chi connectivity index (χ1v) is 3.50. The quantitative estimate of drug-likeness (QED) is 0.463. The molecule has 11 heavy (non-hydrogen) atoms. The largest absolute Gasteiger partial charge is 0.323 e. The minimum atomic E-state index is -0.965. The van der Waals surface area contributed by atoms with Gasteiger partial charge in [-0.25, -0.2) is 0 Å². The lowest BCUT2D eigenvalue weighted by molar-refractivity contribution is -0.485. The van der Waals surface area contributed by atoms with Gasteiger partial charge < -0.3 is 5.73 Å². The summed E-state index contributed by atoms with van der Waals surface area (Å²) in [4.78, 5) is 0. The Hall–Kier alpha value is -0.900. The number of hydrogen-bond donors (Lipinski definition) is 3. The lowest BCUT2D eigenvalue weighted by Gasteiger charge is -2.14. The zero-order chi connectivity index (χ0) is 8.48. The minimum absolute atomic E-state index is 0.850. The molecule has 1 aromatic rings. The topological polar surface area (TPSA) is 79.7 Å². The molecule has 0 fully saturated rings. The summed E-state index contributed by atoms with van der Waals surface area (Å²) in [6.45, 7) is 2.02. The summed E-state index contributed by atoms with van der Waals surface area (Å²) >= 11 is 0. The van der Waals surface area contributed by atoms with E-state index in [1.807, 2.05) is 31.2 Å². The Kier molecular flexibility index (Phi) is 1.95. The molecule has 1 aromatic carbocycles.